The van der Waals surface area contributed by atoms with E-state index in [1.54, 1.807) is 53.4 Å². The lowest BCUT2D eigenvalue weighted by atomic mass is 10.1. The number of allylic oxidation sites excluding steroid dienone is 1. The Kier molecular flexibility index (Phi) is 5.45. The van der Waals surface area contributed by atoms with Gasteiger partial charge in [0.05, 0.1) is 27.1 Å². The van der Waals surface area contributed by atoms with Crippen LogP contribution in [0.4, 0.5) is 5.69 Å². The quantitative estimate of drug-likeness (QED) is 0.229. The maximum atomic E-state index is 12.5. The second kappa shape index (κ2) is 8.88. The van der Waals surface area contributed by atoms with Gasteiger partial charge in [0, 0.05) is 29.5 Å². The second-order valence-corrected chi connectivity index (χ2v) is 7.62. The van der Waals surface area contributed by atoms with Gasteiger partial charge in [-0.05, 0) is 42.5 Å². The molecule has 2 aromatic heterocycles. The summed E-state index contributed by atoms with van der Waals surface area (Å²) >= 11 is 0. The SMILES string of the molecule is N#CC(=Cc1cn(-c2ccccc2)nc1-c1ccc([N+](=O)[O-])cc1)c1nc2ccccc2c(=O)[nH]1. The molecule has 0 amide bonds. The monoisotopic (exact) mass is 460 g/mol. The summed E-state index contributed by atoms with van der Waals surface area (Å²) in [6, 6.07) is 24.4. The Bertz CT molecular complexity index is 1690. The number of para-hydroxylation sites is 2. The number of rotatable bonds is 5. The van der Waals surface area contributed by atoms with Gasteiger partial charge in [0.1, 0.15) is 11.8 Å². The molecule has 0 atom stereocenters. The van der Waals surface area contributed by atoms with E-state index in [9.17, 15) is 20.2 Å². The molecule has 0 aliphatic rings. The van der Waals surface area contributed by atoms with Gasteiger partial charge in [-0.2, -0.15) is 10.4 Å². The van der Waals surface area contributed by atoms with Crippen molar-refractivity contribution in [3.63, 3.8) is 0 Å². The third-order valence-corrected chi connectivity index (χ3v) is 5.40. The first-order valence-corrected chi connectivity index (χ1v) is 10.5. The summed E-state index contributed by atoms with van der Waals surface area (Å²) in [5.41, 5.74) is 2.76. The fraction of sp³-hybridized carbons (Fsp3) is 0. The van der Waals surface area contributed by atoms with Crippen molar-refractivity contribution in [1.29, 1.82) is 5.26 Å². The van der Waals surface area contributed by atoms with Crippen molar-refractivity contribution in [2.45, 2.75) is 0 Å². The molecular weight excluding hydrogens is 444 g/mol. The number of aromatic nitrogens is 4. The summed E-state index contributed by atoms with van der Waals surface area (Å²) in [7, 11) is 0. The van der Waals surface area contributed by atoms with E-state index >= 15 is 0 Å². The van der Waals surface area contributed by atoms with Crippen LogP contribution in [0.5, 0.6) is 0 Å². The number of non-ortho nitro benzene ring substituents is 1. The highest BCUT2D eigenvalue weighted by molar-refractivity contribution is 5.91. The van der Waals surface area contributed by atoms with E-state index in [1.807, 2.05) is 30.3 Å². The van der Waals surface area contributed by atoms with Crippen LogP contribution < -0.4 is 5.56 Å². The number of benzene rings is 3. The van der Waals surface area contributed by atoms with E-state index in [4.69, 9.17) is 0 Å². The minimum absolute atomic E-state index is 0.0380. The number of nitrogens with one attached hydrogen (secondary N) is 1. The lowest BCUT2D eigenvalue weighted by Crippen LogP contribution is -2.11. The third kappa shape index (κ3) is 4.19. The third-order valence-electron chi connectivity index (χ3n) is 5.40. The van der Waals surface area contributed by atoms with Gasteiger partial charge < -0.3 is 4.98 Å². The number of fused-ring (bicyclic) bond motifs is 1. The molecule has 35 heavy (non-hydrogen) atoms. The molecule has 0 fully saturated rings. The molecule has 0 bridgehead atoms. The van der Waals surface area contributed by atoms with Gasteiger partial charge >= 0.3 is 0 Å². The average molecular weight is 460 g/mol. The van der Waals surface area contributed by atoms with E-state index in [-0.39, 0.29) is 22.6 Å². The molecular formula is C26H16N6O3. The number of H-pyrrole nitrogens is 1. The second-order valence-electron chi connectivity index (χ2n) is 7.62. The number of aromatic amines is 1. The van der Waals surface area contributed by atoms with Crippen LogP contribution in [0.25, 0.3) is 39.5 Å². The molecule has 3 aromatic carbocycles. The number of nitriles is 1. The number of hydrogen-bond acceptors (Lipinski definition) is 6. The van der Waals surface area contributed by atoms with Crippen LogP contribution in [0.1, 0.15) is 11.4 Å². The molecule has 0 saturated heterocycles. The van der Waals surface area contributed by atoms with Crippen LogP contribution in [0, 0.1) is 21.4 Å². The van der Waals surface area contributed by atoms with E-state index < -0.39 is 4.92 Å². The average Bonchev–Trinajstić information content (AvgIpc) is 3.31. The summed E-state index contributed by atoms with van der Waals surface area (Å²) in [6.45, 7) is 0. The topological polar surface area (TPSA) is 130 Å². The van der Waals surface area contributed by atoms with Gasteiger partial charge in [0.2, 0.25) is 0 Å². The summed E-state index contributed by atoms with van der Waals surface area (Å²) in [4.78, 5) is 30.3. The Morgan fingerprint density at radius 2 is 1.74 bits per heavy atom. The Hall–Kier alpha value is -5.36. The van der Waals surface area contributed by atoms with E-state index in [2.05, 4.69) is 21.1 Å². The van der Waals surface area contributed by atoms with Gasteiger partial charge in [0.25, 0.3) is 11.2 Å². The maximum absolute atomic E-state index is 12.5. The molecule has 0 spiro atoms. The summed E-state index contributed by atoms with van der Waals surface area (Å²) in [5.74, 6) is 0.137. The van der Waals surface area contributed by atoms with Crippen LogP contribution in [-0.2, 0) is 0 Å². The molecule has 0 saturated carbocycles. The Morgan fingerprint density at radius 3 is 2.46 bits per heavy atom. The molecule has 0 aliphatic carbocycles. The van der Waals surface area contributed by atoms with Crippen molar-refractivity contribution >= 4 is 28.2 Å². The molecule has 5 aromatic rings. The van der Waals surface area contributed by atoms with Crippen LogP contribution in [0.3, 0.4) is 0 Å². The van der Waals surface area contributed by atoms with Crippen molar-refractivity contribution in [3.05, 3.63) is 117 Å². The summed E-state index contributed by atoms with van der Waals surface area (Å²) < 4.78 is 1.66. The Labute approximate surface area is 198 Å². The standard InChI is InChI=1S/C26H16N6O3/c27-15-18(25-28-23-9-5-4-8-22(23)26(33)29-25)14-19-16-31(20-6-2-1-3-7-20)30-24(19)17-10-12-21(13-11-17)32(34)35/h1-14,16H,(H,28,29,33). The molecule has 0 radical (unpaired) electrons. The lowest BCUT2D eigenvalue weighted by molar-refractivity contribution is -0.384. The van der Waals surface area contributed by atoms with Crippen molar-refractivity contribution < 1.29 is 4.92 Å². The predicted octanol–water partition coefficient (Wildman–Crippen LogP) is 4.75. The first-order valence-electron chi connectivity index (χ1n) is 10.5. The molecule has 9 heteroatoms. The number of hydrogen-bond donors (Lipinski definition) is 1. The highest BCUT2D eigenvalue weighted by atomic mass is 16.6. The first-order chi connectivity index (χ1) is 17.0. The molecule has 0 aliphatic heterocycles. The molecule has 9 nitrogen and oxygen atoms in total. The van der Waals surface area contributed by atoms with Crippen molar-refractivity contribution in [1.82, 2.24) is 19.7 Å². The van der Waals surface area contributed by atoms with Gasteiger partial charge in [-0.1, -0.05) is 30.3 Å². The van der Waals surface area contributed by atoms with Crippen LogP contribution in [0.2, 0.25) is 0 Å². The van der Waals surface area contributed by atoms with Crippen molar-refractivity contribution in [3.8, 4) is 23.0 Å². The van der Waals surface area contributed by atoms with Crippen LogP contribution in [0.15, 0.2) is 89.9 Å². The highest BCUT2D eigenvalue weighted by Crippen LogP contribution is 2.28. The number of nitro benzene ring substituents is 1. The smallest absolute Gasteiger partial charge is 0.269 e. The summed E-state index contributed by atoms with van der Waals surface area (Å²) in [5, 5.41) is 26.1. The lowest BCUT2D eigenvalue weighted by Gasteiger charge is -2.03. The molecule has 168 valence electrons. The fourth-order valence-corrected chi connectivity index (χ4v) is 3.69. The van der Waals surface area contributed by atoms with Crippen LogP contribution >= 0.6 is 0 Å². The summed E-state index contributed by atoms with van der Waals surface area (Å²) in [6.07, 6.45) is 3.35. The van der Waals surface area contributed by atoms with Gasteiger partial charge in [-0.15, -0.1) is 0 Å². The molecule has 5 rings (SSSR count). The number of nitro groups is 1. The predicted molar refractivity (Wildman–Crippen MR) is 132 cm³/mol. The van der Waals surface area contributed by atoms with E-state index in [1.165, 1.54) is 12.1 Å². The van der Waals surface area contributed by atoms with Gasteiger partial charge in [-0.3, -0.25) is 14.9 Å². The van der Waals surface area contributed by atoms with E-state index in [0.717, 1.165) is 5.69 Å². The zero-order valence-corrected chi connectivity index (χ0v) is 18.1. The molecule has 2 heterocycles. The zero-order chi connectivity index (χ0) is 24.4. The largest absolute Gasteiger partial charge is 0.305 e. The van der Waals surface area contributed by atoms with Gasteiger partial charge in [-0.25, -0.2) is 9.67 Å². The minimum Gasteiger partial charge on any atom is -0.305 e. The Balaban J connectivity index is 1.67. The molecule has 0 unspecified atom stereocenters. The number of nitrogens with zero attached hydrogens (tertiary/aromatic N) is 5. The van der Waals surface area contributed by atoms with E-state index in [0.29, 0.717) is 27.7 Å². The molecule has 1 N–H and O–H groups in total. The van der Waals surface area contributed by atoms with Crippen LogP contribution in [-0.4, -0.2) is 24.7 Å². The van der Waals surface area contributed by atoms with Gasteiger partial charge in [0.15, 0.2) is 5.82 Å². The minimum atomic E-state index is -0.470. The Morgan fingerprint density at radius 1 is 1.03 bits per heavy atom. The maximum Gasteiger partial charge on any atom is 0.269 e. The zero-order valence-electron chi connectivity index (χ0n) is 18.1. The fourth-order valence-electron chi connectivity index (χ4n) is 3.69. The normalized spacial score (nSPS) is 11.3. The first kappa shape index (κ1) is 21.5. The van der Waals surface area contributed by atoms with Crippen molar-refractivity contribution in [2.24, 2.45) is 0 Å². The van der Waals surface area contributed by atoms with Crippen molar-refractivity contribution in [2.75, 3.05) is 0 Å². The highest BCUT2D eigenvalue weighted by Gasteiger charge is 2.15.